The van der Waals surface area contributed by atoms with Crippen LogP contribution in [0, 0.1) is 0 Å². The van der Waals surface area contributed by atoms with Crippen molar-refractivity contribution < 1.29 is 13.2 Å². The number of hydrogen-bond donors (Lipinski definition) is 1. The summed E-state index contributed by atoms with van der Waals surface area (Å²) >= 11 is 0. The molecule has 0 radical (unpaired) electrons. The molecule has 0 spiro atoms. The van der Waals surface area contributed by atoms with Crippen molar-refractivity contribution in [1.82, 2.24) is 4.72 Å². The van der Waals surface area contributed by atoms with Gasteiger partial charge in [0.2, 0.25) is 10.0 Å². The molecule has 0 bridgehead atoms. The van der Waals surface area contributed by atoms with E-state index in [1.54, 1.807) is 18.2 Å². The Kier molecular flexibility index (Phi) is 3.69. The minimum Gasteiger partial charge on any atom is -0.493 e. The van der Waals surface area contributed by atoms with Gasteiger partial charge < -0.3 is 4.74 Å². The maximum atomic E-state index is 12.5. The number of hydrogen-bond acceptors (Lipinski definition) is 3. The van der Waals surface area contributed by atoms with Crippen molar-refractivity contribution in [2.75, 3.05) is 6.61 Å². The average molecular weight is 303 g/mol. The van der Waals surface area contributed by atoms with E-state index in [0.717, 1.165) is 23.3 Å². The molecule has 1 unspecified atom stereocenters. The van der Waals surface area contributed by atoms with Crippen molar-refractivity contribution in [1.29, 1.82) is 0 Å². The van der Waals surface area contributed by atoms with Crippen molar-refractivity contribution in [3.8, 4) is 5.75 Å². The third-order valence-corrected chi connectivity index (χ3v) is 5.14. The van der Waals surface area contributed by atoms with Gasteiger partial charge >= 0.3 is 0 Å². The fraction of sp³-hybridized carbons (Fsp3) is 0.250. The van der Waals surface area contributed by atoms with Crippen LogP contribution < -0.4 is 9.46 Å². The third kappa shape index (κ3) is 2.94. The molecule has 0 amide bonds. The summed E-state index contributed by atoms with van der Waals surface area (Å²) in [7, 11) is -3.53. The second-order valence-electron chi connectivity index (χ2n) is 5.12. The molecular formula is C16H17NO3S. The number of rotatable bonds is 4. The van der Waals surface area contributed by atoms with Crippen LogP contribution in [0.25, 0.3) is 0 Å². The summed E-state index contributed by atoms with van der Waals surface area (Å²) in [6, 6.07) is 14.2. The number of fused-ring (bicyclic) bond motifs is 1. The summed E-state index contributed by atoms with van der Waals surface area (Å²) in [6.45, 7) is 2.45. The van der Waals surface area contributed by atoms with Gasteiger partial charge in [-0.25, -0.2) is 13.1 Å². The Morgan fingerprint density at radius 1 is 1.14 bits per heavy atom. The average Bonchev–Trinajstić information content (AvgIpc) is 2.95. The van der Waals surface area contributed by atoms with Crippen LogP contribution in [0.3, 0.4) is 0 Å². The van der Waals surface area contributed by atoms with Gasteiger partial charge in [0.25, 0.3) is 0 Å². The zero-order valence-electron chi connectivity index (χ0n) is 11.7. The van der Waals surface area contributed by atoms with Gasteiger partial charge in [0.15, 0.2) is 0 Å². The summed E-state index contributed by atoms with van der Waals surface area (Å²) in [5, 5.41) is 0. The molecule has 110 valence electrons. The molecule has 0 saturated carbocycles. The molecule has 1 aliphatic rings. The predicted octanol–water partition coefficient (Wildman–Crippen LogP) is 2.66. The lowest BCUT2D eigenvalue weighted by Gasteiger charge is -2.15. The van der Waals surface area contributed by atoms with Gasteiger partial charge in [-0.3, -0.25) is 0 Å². The van der Waals surface area contributed by atoms with E-state index in [9.17, 15) is 8.42 Å². The van der Waals surface area contributed by atoms with E-state index >= 15 is 0 Å². The highest BCUT2D eigenvalue weighted by Crippen LogP contribution is 2.28. The Bertz CT molecular complexity index is 741. The molecule has 1 aliphatic heterocycles. The van der Waals surface area contributed by atoms with Gasteiger partial charge in [0.05, 0.1) is 11.5 Å². The summed E-state index contributed by atoms with van der Waals surface area (Å²) < 4.78 is 33.0. The zero-order valence-corrected chi connectivity index (χ0v) is 12.6. The Morgan fingerprint density at radius 2 is 1.90 bits per heavy atom. The van der Waals surface area contributed by atoms with Crippen molar-refractivity contribution >= 4 is 10.0 Å². The predicted molar refractivity (Wildman–Crippen MR) is 80.8 cm³/mol. The van der Waals surface area contributed by atoms with E-state index in [0.29, 0.717) is 6.61 Å². The lowest BCUT2D eigenvalue weighted by molar-refractivity contribution is 0.356. The zero-order chi connectivity index (χ0) is 14.9. The number of ether oxygens (including phenoxy) is 1. The molecule has 4 nitrogen and oxygen atoms in total. The highest BCUT2D eigenvalue weighted by molar-refractivity contribution is 7.89. The monoisotopic (exact) mass is 303 g/mol. The fourth-order valence-electron chi connectivity index (χ4n) is 2.44. The maximum Gasteiger partial charge on any atom is 0.241 e. The minimum absolute atomic E-state index is 0.277. The minimum atomic E-state index is -3.53. The fourth-order valence-corrected chi connectivity index (χ4v) is 3.72. The smallest absolute Gasteiger partial charge is 0.241 e. The van der Waals surface area contributed by atoms with Crippen LogP contribution in [0.5, 0.6) is 5.75 Å². The lowest BCUT2D eigenvalue weighted by atomic mass is 10.1. The SMILES string of the molecule is CC(NS(=O)(=O)c1ccc2c(c1)CCO2)c1ccccc1. The second-order valence-corrected chi connectivity index (χ2v) is 6.84. The maximum absolute atomic E-state index is 12.5. The third-order valence-electron chi connectivity index (χ3n) is 3.60. The molecule has 0 saturated heterocycles. The molecule has 1 N–H and O–H groups in total. The molecule has 2 aromatic carbocycles. The van der Waals surface area contributed by atoms with Crippen LogP contribution in [0.2, 0.25) is 0 Å². The van der Waals surface area contributed by atoms with E-state index in [-0.39, 0.29) is 10.9 Å². The highest BCUT2D eigenvalue weighted by atomic mass is 32.2. The number of sulfonamides is 1. The topological polar surface area (TPSA) is 55.4 Å². The molecule has 3 rings (SSSR count). The molecule has 2 aromatic rings. The van der Waals surface area contributed by atoms with Crippen LogP contribution in [-0.2, 0) is 16.4 Å². The van der Waals surface area contributed by atoms with Crippen LogP contribution in [0.15, 0.2) is 53.4 Å². The van der Waals surface area contributed by atoms with Crippen molar-refractivity contribution in [2.24, 2.45) is 0 Å². The molecular weight excluding hydrogens is 286 g/mol. The molecule has 0 fully saturated rings. The lowest BCUT2D eigenvalue weighted by Crippen LogP contribution is -2.26. The highest BCUT2D eigenvalue weighted by Gasteiger charge is 2.21. The summed E-state index contributed by atoms with van der Waals surface area (Å²) in [6.07, 6.45) is 0.757. The van der Waals surface area contributed by atoms with E-state index in [2.05, 4.69) is 4.72 Å². The summed E-state index contributed by atoms with van der Waals surface area (Å²) in [4.78, 5) is 0.287. The van der Waals surface area contributed by atoms with Gasteiger partial charge in [-0.15, -0.1) is 0 Å². The first kappa shape index (κ1) is 14.1. The molecule has 0 aliphatic carbocycles. The van der Waals surface area contributed by atoms with E-state index in [1.165, 1.54) is 0 Å². The number of benzene rings is 2. The Hall–Kier alpha value is -1.85. The first-order valence-electron chi connectivity index (χ1n) is 6.89. The summed E-state index contributed by atoms with van der Waals surface area (Å²) in [5.41, 5.74) is 1.89. The van der Waals surface area contributed by atoms with E-state index < -0.39 is 10.0 Å². The van der Waals surface area contributed by atoms with Gasteiger partial charge in [-0.1, -0.05) is 30.3 Å². The van der Waals surface area contributed by atoms with E-state index in [4.69, 9.17) is 4.74 Å². The standard InChI is InChI=1S/C16H17NO3S/c1-12(13-5-3-2-4-6-13)17-21(18,19)15-7-8-16-14(11-15)9-10-20-16/h2-8,11-12,17H,9-10H2,1H3. The van der Waals surface area contributed by atoms with E-state index in [1.807, 2.05) is 37.3 Å². The summed E-state index contributed by atoms with van der Waals surface area (Å²) in [5.74, 6) is 0.782. The normalized spacial score (nSPS) is 15.3. The van der Waals surface area contributed by atoms with Crippen LogP contribution >= 0.6 is 0 Å². The van der Waals surface area contributed by atoms with Crippen molar-refractivity contribution in [3.05, 3.63) is 59.7 Å². The molecule has 1 heterocycles. The first-order valence-corrected chi connectivity index (χ1v) is 8.37. The molecule has 0 aromatic heterocycles. The Labute approximate surface area is 124 Å². The molecule has 1 atom stereocenters. The van der Waals surface area contributed by atoms with Crippen LogP contribution in [0.4, 0.5) is 0 Å². The van der Waals surface area contributed by atoms with Crippen LogP contribution in [-0.4, -0.2) is 15.0 Å². The number of nitrogens with one attached hydrogen (secondary N) is 1. The Morgan fingerprint density at radius 3 is 2.67 bits per heavy atom. The van der Waals surface area contributed by atoms with Gasteiger partial charge in [0.1, 0.15) is 5.75 Å². The van der Waals surface area contributed by atoms with Gasteiger partial charge in [0, 0.05) is 12.5 Å². The molecule has 21 heavy (non-hydrogen) atoms. The van der Waals surface area contributed by atoms with Gasteiger partial charge in [-0.2, -0.15) is 0 Å². The quantitative estimate of drug-likeness (QED) is 0.944. The molecule has 5 heteroatoms. The van der Waals surface area contributed by atoms with Crippen molar-refractivity contribution in [2.45, 2.75) is 24.3 Å². The second kappa shape index (κ2) is 5.50. The van der Waals surface area contributed by atoms with Gasteiger partial charge in [-0.05, 0) is 36.2 Å². The largest absolute Gasteiger partial charge is 0.493 e. The van der Waals surface area contributed by atoms with Crippen LogP contribution in [0.1, 0.15) is 24.1 Å². The first-order chi connectivity index (χ1) is 10.1. The Balaban J connectivity index is 1.84. The van der Waals surface area contributed by atoms with Crippen molar-refractivity contribution in [3.63, 3.8) is 0 Å².